The summed E-state index contributed by atoms with van der Waals surface area (Å²) in [5.41, 5.74) is 3.00. The summed E-state index contributed by atoms with van der Waals surface area (Å²) in [6.07, 6.45) is -0.0940. The average Bonchev–Trinajstić information content (AvgIpc) is 3.11. The Labute approximate surface area is 186 Å². The van der Waals surface area contributed by atoms with Crippen LogP contribution < -0.4 is 4.90 Å². The van der Waals surface area contributed by atoms with E-state index in [1.807, 2.05) is 55.5 Å². The van der Waals surface area contributed by atoms with Crippen LogP contribution in [0.3, 0.4) is 0 Å². The third-order valence-electron chi connectivity index (χ3n) is 5.59. The molecule has 1 atom stereocenters. The Morgan fingerprint density at radius 3 is 2.31 bits per heavy atom. The highest BCUT2D eigenvalue weighted by atomic mass is 16.2. The van der Waals surface area contributed by atoms with Crippen LogP contribution in [0.15, 0.2) is 78.9 Å². The number of anilines is 1. The number of imide groups is 1. The number of rotatable bonds is 5. The van der Waals surface area contributed by atoms with Crippen molar-refractivity contribution < 1.29 is 14.4 Å². The molecular weight excluding hydrogens is 402 g/mol. The number of carbonyl (C=O) groups is 3. The maximum atomic E-state index is 13.5. The Bertz CT molecular complexity index is 1210. The van der Waals surface area contributed by atoms with Gasteiger partial charge in [0.15, 0.2) is 0 Å². The molecule has 0 aliphatic carbocycles. The molecule has 6 nitrogen and oxygen atoms in total. The van der Waals surface area contributed by atoms with Gasteiger partial charge in [-0.2, -0.15) is 5.26 Å². The van der Waals surface area contributed by atoms with Gasteiger partial charge in [0.05, 0.1) is 23.7 Å². The van der Waals surface area contributed by atoms with Crippen molar-refractivity contribution in [1.82, 2.24) is 4.90 Å². The summed E-state index contributed by atoms with van der Waals surface area (Å²) in [4.78, 5) is 42.3. The number of nitrogens with zero attached hydrogens (tertiary/aromatic N) is 3. The normalized spacial score (nSPS) is 15.5. The van der Waals surface area contributed by atoms with E-state index in [-0.39, 0.29) is 24.8 Å². The molecule has 4 rings (SSSR count). The molecule has 32 heavy (non-hydrogen) atoms. The summed E-state index contributed by atoms with van der Waals surface area (Å²) in [6.45, 7) is 2.05. The SMILES string of the molecule is Cc1ccccc1C(=O)N(Cc1ccccc1)C1CC(=O)N(c2ccc(C#N)cc2)C1=O. The molecule has 1 aliphatic heterocycles. The lowest BCUT2D eigenvalue weighted by Gasteiger charge is -2.28. The Balaban J connectivity index is 1.69. The monoisotopic (exact) mass is 423 g/mol. The van der Waals surface area contributed by atoms with Crippen LogP contribution in [0.25, 0.3) is 0 Å². The van der Waals surface area contributed by atoms with Gasteiger partial charge in [-0.25, -0.2) is 4.90 Å². The van der Waals surface area contributed by atoms with Crippen LogP contribution in [0, 0.1) is 18.3 Å². The van der Waals surface area contributed by atoms with Crippen molar-refractivity contribution >= 4 is 23.4 Å². The van der Waals surface area contributed by atoms with Gasteiger partial charge in [-0.1, -0.05) is 48.5 Å². The Morgan fingerprint density at radius 1 is 1.00 bits per heavy atom. The lowest BCUT2D eigenvalue weighted by atomic mass is 10.0. The highest BCUT2D eigenvalue weighted by Crippen LogP contribution is 2.28. The van der Waals surface area contributed by atoms with Crippen LogP contribution in [0.1, 0.15) is 33.5 Å². The molecule has 3 aromatic carbocycles. The Kier molecular flexibility index (Phi) is 5.82. The van der Waals surface area contributed by atoms with Gasteiger partial charge < -0.3 is 4.90 Å². The van der Waals surface area contributed by atoms with Crippen molar-refractivity contribution in [3.63, 3.8) is 0 Å². The molecule has 6 heteroatoms. The average molecular weight is 423 g/mol. The van der Waals surface area contributed by atoms with Gasteiger partial charge in [-0.05, 0) is 48.4 Å². The summed E-state index contributed by atoms with van der Waals surface area (Å²) in [5, 5.41) is 9.00. The molecule has 3 aromatic rings. The highest BCUT2D eigenvalue weighted by molar-refractivity contribution is 6.23. The van der Waals surface area contributed by atoms with Gasteiger partial charge in [0, 0.05) is 12.1 Å². The number of hydrogen-bond donors (Lipinski definition) is 0. The molecular formula is C26H21N3O3. The van der Waals surface area contributed by atoms with Crippen molar-refractivity contribution in [2.45, 2.75) is 25.9 Å². The smallest absolute Gasteiger partial charge is 0.257 e. The fraction of sp³-hybridized carbons (Fsp3) is 0.154. The molecule has 1 fully saturated rings. The predicted octanol–water partition coefficient (Wildman–Crippen LogP) is 3.84. The Morgan fingerprint density at radius 2 is 1.66 bits per heavy atom. The zero-order valence-corrected chi connectivity index (χ0v) is 17.6. The standard InChI is InChI=1S/C26H21N3O3/c1-18-7-5-6-10-22(18)25(31)28(17-20-8-3-2-4-9-20)23-15-24(30)29(26(23)32)21-13-11-19(16-27)12-14-21/h2-14,23H,15,17H2,1H3. The highest BCUT2D eigenvalue weighted by Gasteiger charge is 2.44. The first-order valence-electron chi connectivity index (χ1n) is 10.3. The first-order valence-corrected chi connectivity index (χ1v) is 10.3. The van der Waals surface area contributed by atoms with E-state index in [0.29, 0.717) is 16.8 Å². The second-order valence-electron chi connectivity index (χ2n) is 7.68. The molecule has 0 N–H and O–H groups in total. The first kappa shape index (κ1) is 21.0. The molecule has 0 aromatic heterocycles. The minimum atomic E-state index is -0.912. The third kappa shape index (κ3) is 4.01. The first-order chi connectivity index (χ1) is 15.5. The van der Waals surface area contributed by atoms with Crippen molar-refractivity contribution in [1.29, 1.82) is 5.26 Å². The fourth-order valence-corrected chi connectivity index (χ4v) is 3.89. The number of carbonyl (C=O) groups excluding carboxylic acids is 3. The van der Waals surface area contributed by atoms with Gasteiger partial charge in [0.25, 0.3) is 11.8 Å². The van der Waals surface area contributed by atoms with Crippen LogP contribution in [-0.2, 0) is 16.1 Å². The van der Waals surface area contributed by atoms with Crippen LogP contribution in [0.5, 0.6) is 0 Å². The summed E-state index contributed by atoms with van der Waals surface area (Å²) >= 11 is 0. The molecule has 3 amide bonds. The summed E-state index contributed by atoms with van der Waals surface area (Å²) in [5.74, 6) is -1.11. The Hall–Kier alpha value is -4.24. The third-order valence-corrected chi connectivity index (χ3v) is 5.59. The second kappa shape index (κ2) is 8.86. The molecule has 1 unspecified atom stereocenters. The van der Waals surface area contributed by atoms with Crippen LogP contribution in [0.4, 0.5) is 5.69 Å². The van der Waals surface area contributed by atoms with E-state index < -0.39 is 11.9 Å². The fourth-order valence-electron chi connectivity index (χ4n) is 3.89. The molecule has 158 valence electrons. The quantitative estimate of drug-likeness (QED) is 0.584. The van der Waals surface area contributed by atoms with Crippen molar-refractivity contribution in [2.24, 2.45) is 0 Å². The molecule has 0 saturated carbocycles. The minimum Gasteiger partial charge on any atom is -0.322 e. The van der Waals surface area contributed by atoms with Crippen LogP contribution in [-0.4, -0.2) is 28.7 Å². The van der Waals surface area contributed by atoms with E-state index in [9.17, 15) is 14.4 Å². The zero-order valence-electron chi connectivity index (χ0n) is 17.6. The lowest BCUT2D eigenvalue weighted by molar-refractivity contribution is -0.122. The molecule has 0 bridgehead atoms. The number of benzene rings is 3. The van der Waals surface area contributed by atoms with Gasteiger partial charge in [0.1, 0.15) is 6.04 Å². The molecule has 1 saturated heterocycles. The van der Waals surface area contributed by atoms with E-state index in [0.717, 1.165) is 16.0 Å². The van der Waals surface area contributed by atoms with E-state index in [1.54, 1.807) is 36.4 Å². The van der Waals surface area contributed by atoms with Crippen molar-refractivity contribution in [3.8, 4) is 6.07 Å². The number of aryl methyl sites for hydroxylation is 1. The van der Waals surface area contributed by atoms with Crippen LogP contribution >= 0.6 is 0 Å². The maximum Gasteiger partial charge on any atom is 0.257 e. The number of amides is 3. The van der Waals surface area contributed by atoms with E-state index in [2.05, 4.69) is 0 Å². The van der Waals surface area contributed by atoms with E-state index in [1.165, 1.54) is 4.90 Å². The summed E-state index contributed by atoms with van der Waals surface area (Å²) in [7, 11) is 0. The van der Waals surface area contributed by atoms with Gasteiger partial charge in [-0.15, -0.1) is 0 Å². The molecule has 0 radical (unpaired) electrons. The minimum absolute atomic E-state index is 0.0940. The maximum absolute atomic E-state index is 13.5. The summed E-state index contributed by atoms with van der Waals surface area (Å²) in [6, 6.07) is 24.0. The van der Waals surface area contributed by atoms with Crippen molar-refractivity contribution in [2.75, 3.05) is 4.90 Å². The van der Waals surface area contributed by atoms with Crippen molar-refractivity contribution in [3.05, 3.63) is 101 Å². The van der Waals surface area contributed by atoms with Gasteiger partial charge in [-0.3, -0.25) is 14.4 Å². The topological polar surface area (TPSA) is 81.5 Å². The van der Waals surface area contributed by atoms with E-state index >= 15 is 0 Å². The van der Waals surface area contributed by atoms with Crippen LogP contribution in [0.2, 0.25) is 0 Å². The van der Waals surface area contributed by atoms with Gasteiger partial charge in [0.2, 0.25) is 5.91 Å². The molecule has 1 aliphatic rings. The number of hydrogen-bond acceptors (Lipinski definition) is 4. The largest absolute Gasteiger partial charge is 0.322 e. The summed E-state index contributed by atoms with van der Waals surface area (Å²) < 4.78 is 0. The molecule has 0 spiro atoms. The van der Waals surface area contributed by atoms with Gasteiger partial charge >= 0.3 is 0 Å². The van der Waals surface area contributed by atoms with E-state index in [4.69, 9.17) is 5.26 Å². The number of nitriles is 1. The second-order valence-corrected chi connectivity index (χ2v) is 7.68. The zero-order chi connectivity index (χ0) is 22.7. The molecule has 1 heterocycles. The predicted molar refractivity (Wildman–Crippen MR) is 120 cm³/mol. The lowest BCUT2D eigenvalue weighted by Crippen LogP contribution is -2.45.